The van der Waals surface area contributed by atoms with E-state index in [9.17, 15) is 13.2 Å². The highest BCUT2D eigenvalue weighted by Crippen LogP contribution is 2.14. The Morgan fingerprint density at radius 2 is 1.93 bits per heavy atom. The molecule has 27 heavy (non-hydrogen) atoms. The molecule has 1 aromatic carbocycles. The number of anilines is 1. The molecular formula is C17H18N4O5S. The van der Waals surface area contributed by atoms with Crippen LogP contribution in [0.2, 0.25) is 0 Å². The molecule has 0 bridgehead atoms. The Morgan fingerprint density at radius 3 is 2.59 bits per heavy atom. The minimum atomic E-state index is -3.85. The van der Waals surface area contributed by atoms with Crippen LogP contribution in [-0.2, 0) is 26.8 Å². The van der Waals surface area contributed by atoms with Crippen LogP contribution in [0.3, 0.4) is 0 Å². The first-order valence-corrected chi connectivity index (χ1v) is 9.86. The van der Waals surface area contributed by atoms with Crippen molar-refractivity contribution in [1.82, 2.24) is 15.3 Å². The molecule has 3 rings (SSSR count). The highest BCUT2D eigenvalue weighted by Gasteiger charge is 2.30. The normalized spacial score (nSPS) is 12.7. The van der Waals surface area contributed by atoms with Gasteiger partial charge in [-0.2, -0.15) is 4.98 Å². The lowest BCUT2D eigenvalue weighted by molar-refractivity contribution is -0.115. The van der Waals surface area contributed by atoms with E-state index in [0.29, 0.717) is 18.0 Å². The van der Waals surface area contributed by atoms with Crippen molar-refractivity contribution in [3.8, 4) is 0 Å². The lowest BCUT2D eigenvalue weighted by Crippen LogP contribution is -2.33. The van der Waals surface area contributed by atoms with E-state index in [2.05, 4.69) is 20.6 Å². The van der Waals surface area contributed by atoms with Gasteiger partial charge in [0.2, 0.25) is 11.8 Å². The van der Waals surface area contributed by atoms with E-state index in [1.54, 1.807) is 6.92 Å². The molecule has 2 aromatic heterocycles. The van der Waals surface area contributed by atoms with Crippen LogP contribution >= 0.6 is 0 Å². The number of amides is 1. The Morgan fingerprint density at radius 1 is 1.19 bits per heavy atom. The fourth-order valence-corrected chi connectivity index (χ4v) is 3.41. The van der Waals surface area contributed by atoms with Gasteiger partial charge in [-0.25, -0.2) is 8.42 Å². The fraction of sp³-hybridized carbons (Fsp3) is 0.294. The average molecular weight is 390 g/mol. The third-order valence-corrected chi connectivity index (χ3v) is 5.77. The molecule has 1 amide bonds. The first kappa shape index (κ1) is 18.8. The molecule has 0 aliphatic carbocycles. The van der Waals surface area contributed by atoms with Crippen LogP contribution in [0.25, 0.3) is 0 Å². The molecular weight excluding hydrogens is 372 g/mol. The van der Waals surface area contributed by atoms with Gasteiger partial charge in [0, 0.05) is 12.5 Å². The second-order valence-corrected chi connectivity index (χ2v) is 8.35. The number of aryl methyl sites for hydroxylation is 1. The number of hydrogen-bond acceptors (Lipinski definition) is 8. The number of benzene rings is 1. The third-order valence-electron chi connectivity index (χ3n) is 3.83. The smallest absolute Gasteiger partial charge is 0.243 e. The molecule has 0 saturated carbocycles. The van der Waals surface area contributed by atoms with Gasteiger partial charge >= 0.3 is 0 Å². The Bertz CT molecular complexity index is 1030. The van der Waals surface area contributed by atoms with Crippen LogP contribution in [0.5, 0.6) is 0 Å². The Hall–Kier alpha value is -3.01. The van der Waals surface area contributed by atoms with Crippen LogP contribution in [-0.4, -0.2) is 34.9 Å². The van der Waals surface area contributed by atoms with Crippen molar-refractivity contribution in [3.05, 3.63) is 59.4 Å². The number of carbonyl (C=O) groups is 1. The van der Waals surface area contributed by atoms with E-state index in [4.69, 9.17) is 9.05 Å². The van der Waals surface area contributed by atoms with Gasteiger partial charge in [-0.15, -0.1) is 0 Å². The molecule has 1 N–H and O–H groups in total. The molecule has 0 fully saturated rings. The van der Waals surface area contributed by atoms with Crippen molar-refractivity contribution < 1.29 is 22.3 Å². The second-order valence-electron chi connectivity index (χ2n) is 6.03. The Labute approximate surface area is 155 Å². The zero-order valence-corrected chi connectivity index (χ0v) is 15.6. The number of rotatable bonds is 7. The molecule has 0 spiro atoms. The summed E-state index contributed by atoms with van der Waals surface area (Å²) in [5.74, 6) is -0.270. The summed E-state index contributed by atoms with van der Waals surface area (Å²) in [4.78, 5) is 16.3. The Balaban J connectivity index is 1.64. The molecule has 2 heterocycles. The number of nitrogens with one attached hydrogen (secondary N) is 1. The maximum absolute atomic E-state index is 12.5. The standard InChI is InChI=1S/C17H18N4O5S/c1-11-8-14(20-25-11)19-17(22)12(2)27(23,24)10-16-18-15(21-26-16)9-13-6-4-3-5-7-13/h3-8,12H,9-10H2,1-2H3,(H,19,20,22). The van der Waals surface area contributed by atoms with Gasteiger partial charge in [-0.1, -0.05) is 40.6 Å². The van der Waals surface area contributed by atoms with Crippen LogP contribution in [0.1, 0.15) is 30.0 Å². The molecule has 0 aliphatic rings. The molecule has 142 valence electrons. The van der Waals surface area contributed by atoms with Gasteiger partial charge in [-0.3, -0.25) is 4.79 Å². The van der Waals surface area contributed by atoms with E-state index in [1.165, 1.54) is 13.0 Å². The summed E-state index contributed by atoms with van der Waals surface area (Å²) in [6, 6.07) is 11.0. The van der Waals surface area contributed by atoms with E-state index in [0.717, 1.165) is 5.56 Å². The minimum absolute atomic E-state index is 0.0575. The highest BCUT2D eigenvalue weighted by molar-refractivity contribution is 7.92. The molecule has 9 nitrogen and oxygen atoms in total. The summed E-state index contributed by atoms with van der Waals surface area (Å²) in [5, 5.41) is 8.48. The predicted molar refractivity (Wildman–Crippen MR) is 95.5 cm³/mol. The SMILES string of the molecule is Cc1cc(NC(=O)C(C)S(=O)(=O)Cc2nc(Cc3ccccc3)no2)no1. The lowest BCUT2D eigenvalue weighted by atomic mass is 10.1. The quantitative estimate of drug-likeness (QED) is 0.648. The summed E-state index contributed by atoms with van der Waals surface area (Å²) >= 11 is 0. The Kier molecular flexibility index (Phi) is 5.36. The molecule has 1 atom stereocenters. The maximum atomic E-state index is 12.5. The number of aromatic nitrogens is 3. The van der Waals surface area contributed by atoms with Gasteiger partial charge in [-0.05, 0) is 19.4 Å². The van der Waals surface area contributed by atoms with Crippen molar-refractivity contribution >= 4 is 21.6 Å². The zero-order chi connectivity index (χ0) is 19.4. The lowest BCUT2D eigenvalue weighted by Gasteiger charge is -2.10. The summed E-state index contributed by atoms with van der Waals surface area (Å²) in [5.41, 5.74) is 0.975. The number of carbonyl (C=O) groups excluding carboxylic acids is 1. The number of sulfone groups is 1. The van der Waals surface area contributed by atoms with Crippen LogP contribution < -0.4 is 5.32 Å². The number of hydrogen-bond donors (Lipinski definition) is 1. The fourth-order valence-electron chi connectivity index (χ4n) is 2.31. The van der Waals surface area contributed by atoms with Crippen LogP contribution in [0.4, 0.5) is 5.82 Å². The zero-order valence-electron chi connectivity index (χ0n) is 14.7. The first-order chi connectivity index (χ1) is 12.8. The molecule has 0 saturated heterocycles. The molecule has 3 aromatic rings. The van der Waals surface area contributed by atoms with Gasteiger partial charge in [0.05, 0.1) is 0 Å². The van der Waals surface area contributed by atoms with Crippen molar-refractivity contribution in [2.75, 3.05) is 5.32 Å². The van der Waals surface area contributed by atoms with Gasteiger partial charge in [0.1, 0.15) is 16.8 Å². The highest BCUT2D eigenvalue weighted by atomic mass is 32.2. The average Bonchev–Trinajstić information content (AvgIpc) is 3.23. The van der Waals surface area contributed by atoms with Crippen LogP contribution in [0, 0.1) is 6.92 Å². The summed E-state index contributed by atoms with van der Waals surface area (Å²) < 4.78 is 34.8. The third kappa shape index (κ3) is 4.79. The van der Waals surface area contributed by atoms with Gasteiger partial charge in [0.15, 0.2) is 21.5 Å². The molecule has 0 radical (unpaired) electrons. The first-order valence-electron chi connectivity index (χ1n) is 8.14. The molecule has 10 heteroatoms. The summed E-state index contributed by atoms with van der Waals surface area (Å²) in [6.45, 7) is 2.95. The van der Waals surface area contributed by atoms with Crippen molar-refractivity contribution in [2.24, 2.45) is 0 Å². The second kappa shape index (κ2) is 7.70. The summed E-state index contributed by atoms with van der Waals surface area (Å²) in [6.07, 6.45) is 0.423. The minimum Gasteiger partial charge on any atom is -0.360 e. The van der Waals surface area contributed by atoms with E-state index in [-0.39, 0.29) is 11.7 Å². The maximum Gasteiger partial charge on any atom is 0.243 e. The van der Waals surface area contributed by atoms with Crippen molar-refractivity contribution in [3.63, 3.8) is 0 Å². The number of nitrogens with zero attached hydrogens (tertiary/aromatic N) is 3. The van der Waals surface area contributed by atoms with Crippen molar-refractivity contribution in [2.45, 2.75) is 31.3 Å². The monoisotopic (exact) mass is 390 g/mol. The van der Waals surface area contributed by atoms with E-state index in [1.807, 2.05) is 30.3 Å². The predicted octanol–water partition coefficient (Wildman–Crippen LogP) is 1.90. The largest absolute Gasteiger partial charge is 0.360 e. The topological polar surface area (TPSA) is 128 Å². The van der Waals surface area contributed by atoms with E-state index >= 15 is 0 Å². The molecule has 1 unspecified atom stereocenters. The summed E-state index contributed by atoms with van der Waals surface area (Å²) in [7, 11) is -3.85. The van der Waals surface area contributed by atoms with Gasteiger partial charge in [0.25, 0.3) is 0 Å². The molecule has 0 aliphatic heterocycles. The van der Waals surface area contributed by atoms with Crippen LogP contribution in [0.15, 0.2) is 45.4 Å². The van der Waals surface area contributed by atoms with Gasteiger partial charge < -0.3 is 14.4 Å². The van der Waals surface area contributed by atoms with E-state index < -0.39 is 26.7 Å². The van der Waals surface area contributed by atoms with Crippen molar-refractivity contribution in [1.29, 1.82) is 0 Å².